The van der Waals surface area contributed by atoms with Crippen LogP contribution in [0.1, 0.15) is 17.5 Å². The molecule has 2 N–H and O–H groups in total. The highest BCUT2D eigenvalue weighted by Gasteiger charge is 2.09. The van der Waals surface area contributed by atoms with E-state index in [1.807, 2.05) is 12.2 Å². The molecule has 19 heavy (non-hydrogen) atoms. The quantitative estimate of drug-likeness (QED) is 0.832. The maximum absolute atomic E-state index is 8.93. The molecule has 94 valence electrons. The summed E-state index contributed by atoms with van der Waals surface area (Å²) < 4.78 is 0. The largest absolute Gasteiger partial charge is 0.398 e. The number of benzene rings is 1. The van der Waals surface area contributed by atoms with Crippen LogP contribution in [0.15, 0.2) is 65.9 Å². The number of nitriles is 1. The second-order valence-corrected chi connectivity index (χ2v) is 4.51. The Morgan fingerprint density at radius 1 is 1.26 bits per heavy atom. The van der Waals surface area contributed by atoms with Gasteiger partial charge in [-0.3, -0.25) is 0 Å². The minimum atomic E-state index is 0.604. The fourth-order valence-electron chi connectivity index (χ4n) is 1.99. The Kier molecular flexibility index (Phi) is 4.00. The van der Waals surface area contributed by atoms with Gasteiger partial charge in [-0.1, -0.05) is 30.3 Å². The van der Waals surface area contributed by atoms with E-state index in [4.69, 9.17) is 11.0 Å². The van der Waals surface area contributed by atoms with E-state index in [1.165, 1.54) is 5.56 Å². The van der Waals surface area contributed by atoms with Crippen LogP contribution in [0.2, 0.25) is 0 Å². The number of nitrogens with two attached hydrogens (primary N) is 1. The molecule has 0 spiro atoms. The molecule has 1 aliphatic rings. The Hall–Kier alpha value is -2.53. The molecule has 0 saturated heterocycles. The van der Waals surface area contributed by atoms with Crippen molar-refractivity contribution in [2.45, 2.75) is 12.8 Å². The van der Waals surface area contributed by atoms with Crippen LogP contribution in [0.5, 0.6) is 0 Å². The summed E-state index contributed by atoms with van der Waals surface area (Å²) in [6.07, 6.45) is 8.97. The fourth-order valence-corrected chi connectivity index (χ4v) is 1.99. The van der Waals surface area contributed by atoms with E-state index >= 15 is 0 Å². The van der Waals surface area contributed by atoms with Crippen LogP contribution in [-0.4, -0.2) is 0 Å². The van der Waals surface area contributed by atoms with Crippen LogP contribution in [0.25, 0.3) is 6.08 Å². The molecule has 0 atom stereocenters. The van der Waals surface area contributed by atoms with Gasteiger partial charge in [-0.2, -0.15) is 5.26 Å². The normalized spacial score (nSPS) is 16.5. The molecule has 0 heterocycles. The molecule has 0 radical (unpaired) electrons. The summed E-state index contributed by atoms with van der Waals surface area (Å²) in [6, 6.07) is 10.5. The number of hydrogen-bond acceptors (Lipinski definition) is 2. The Morgan fingerprint density at radius 3 is 2.63 bits per heavy atom. The third-order valence-electron chi connectivity index (χ3n) is 3.06. The summed E-state index contributed by atoms with van der Waals surface area (Å²) in [5, 5.41) is 8.93. The number of rotatable bonds is 3. The van der Waals surface area contributed by atoms with Crippen LogP contribution < -0.4 is 5.73 Å². The lowest BCUT2D eigenvalue weighted by molar-refractivity contribution is 1.12. The Balaban J connectivity index is 2.22. The van der Waals surface area contributed by atoms with Crippen molar-refractivity contribution in [2.24, 2.45) is 5.73 Å². The number of hydrogen-bond donors (Lipinski definition) is 1. The van der Waals surface area contributed by atoms with E-state index in [2.05, 4.69) is 36.9 Å². The summed E-state index contributed by atoms with van der Waals surface area (Å²) in [5.41, 5.74) is 10.7. The Bertz CT molecular complexity index is 608. The first kappa shape index (κ1) is 12.9. The van der Waals surface area contributed by atoms with Gasteiger partial charge in [-0.05, 0) is 41.3 Å². The first-order valence-electron chi connectivity index (χ1n) is 6.20. The van der Waals surface area contributed by atoms with Gasteiger partial charge in [0.25, 0.3) is 0 Å². The first-order valence-corrected chi connectivity index (χ1v) is 6.20. The molecule has 0 amide bonds. The van der Waals surface area contributed by atoms with Crippen LogP contribution in [0.3, 0.4) is 0 Å². The van der Waals surface area contributed by atoms with Crippen molar-refractivity contribution in [3.05, 3.63) is 77.0 Å². The summed E-state index contributed by atoms with van der Waals surface area (Å²) >= 11 is 0. The molecule has 2 heteroatoms. The second-order valence-electron chi connectivity index (χ2n) is 4.51. The second kappa shape index (κ2) is 5.88. The van der Waals surface area contributed by atoms with Crippen LogP contribution >= 0.6 is 0 Å². The van der Waals surface area contributed by atoms with Crippen LogP contribution in [-0.2, 0) is 6.42 Å². The van der Waals surface area contributed by atoms with Crippen molar-refractivity contribution in [3.8, 4) is 6.07 Å². The van der Waals surface area contributed by atoms with Gasteiger partial charge < -0.3 is 5.73 Å². The lowest BCUT2D eigenvalue weighted by atomic mass is 9.96. The lowest BCUT2D eigenvalue weighted by Crippen LogP contribution is -2.05. The van der Waals surface area contributed by atoms with Gasteiger partial charge in [0, 0.05) is 17.7 Å². The van der Waals surface area contributed by atoms with Crippen LogP contribution in [0.4, 0.5) is 0 Å². The third-order valence-corrected chi connectivity index (χ3v) is 3.06. The van der Waals surface area contributed by atoms with Crippen molar-refractivity contribution < 1.29 is 0 Å². The highest BCUT2D eigenvalue weighted by molar-refractivity contribution is 5.61. The van der Waals surface area contributed by atoms with Gasteiger partial charge in [0.2, 0.25) is 0 Å². The highest BCUT2D eigenvalue weighted by atomic mass is 14.6. The Morgan fingerprint density at radius 2 is 2.00 bits per heavy atom. The molecule has 1 aromatic rings. The van der Waals surface area contributed by atoms with Gasteiger partial charge in [0.05, 0.1) is 6.07 Å². The van der Waals surface area contributed by atoms with E-state index in [0.717, 1.165) is 28.8 Å². The molecule has 2 nitrogen and oxygen atoms in total. The summed E-state index contributed by atoms with van der Waals surface area (Å²) in [7, 11) is 0. The molecule has 0 unspecified atom stereocenters. The third kappa shape index (κ3) is 3.23. The summed E-state index contributed by atoms with van der Waals surface area (Å²) in [6.45, 7) is 3.73. The smallest absolute Gasteiger partial charge is 0.0950 e. The average molecular weight is 248 g/mol. The molecule has 1 aliphatic carbocycles. The topological polar surface area (TPSA) is 49.8 Å². The molecule has 0 saturated carbocycles. The van der Waals surface area contributed by atoms with E-state index in [-0.39, 0.29) is 0 Å². The molecule has 0 aromatic heterocycles. The zero-order valence-corrected chi connectivity index (χ0v) is 10.8. The van der Waals surface area contributed by atoms with E-state index in [9.17, 15) is 0 Å². The molecule has 0 bridgehead atoms. The lowest BCUT2D eigenvalue weighted by Gasteiger charge is -2.11. The monoisotopic (exact) mass is 248 g/mol. The van der Waals surface area contributed by atoms with Crippen LogP contribution in [0, 0.1) is 11.3 Å². The minimum Gasteiger partial charge on any atom is -0.398 e. The van der Waals surface area contributed by atoms with Gasteiger partial charge in [-0.25, -0.2) is 0 Å². The maximum Gasteiger partial charge on any atom is 0.0950 e. The zero-order chi connectivity index (χ0) is 13.7. The molecule has 0 aliphatic heterocycles. The zero-order valence-electron chi connectivity index (χ0n) is 10.8. The Labute approximate surface area is 113 Å². The summed E-state index contributed by atoms with van der Waals surface area (Å²) in [5.74, 6) is 0. The van der Waals surface area contributed by atoms with Gasteiger partial charge >= 0.3 is 0 Å². The van der Waals surface area contributed by atoms with E-state index < -0.39 is 0 Å². The predicted molar refractivity (Wildman–Crippen MR) is 78.9 cm³/mol. The number of nitrogens with zero attached hydrogens (tertiary/aromatic N) is 1. The molecular weight excluding hydrogens is 232 g/mol. The SMILES string of the molecule is C=CCc1ccc(C=C2CC(C#N)=CC=C2N)cc1. The predicted octanol–water partition coefficient (Wildman–Crippen LogP) is 3.49. The average Bonchev–Trinajstić information content (AvgIpc) is 2.44. The molecule has 1 aromatic carbocycles. The van der Waals surface area contributed by atoms with Crippen molar-refractivity contribution >= 4 is 6.08 Å². The van der Waals surface area contributed by atoms with Gasteiger partial charge in [0.15, 0.2) is 0 Å². The first-order chi connectivity index (χ1) is 9.22. The molecule has 2 rings (SSSR count). The fraction of sp³-hybridized carbons (Fsp3) is 0.118. The van der Waals surface area contributed by atoms with E-state index in [0.29, 0.717) is 6.42 Å². The standard InChI is InChI=1S/C17H16N2/c1-2-3-13-4-6-14(7-5-13)10-16-11-15(12-18)8-9-17(16)19/h2,4-10H,1,3,11,19H2. The maximum atomic E-state index is 8.93. The molecule has 0 fully saturated rings. The van der Waals surface area contributed by atoms with Crippen molar-refractivity contribution in [1.29, 1.82) is 5.26 Å². The number of allylic oxidation sites excluding steroid dienone is 5. The van der Waals surface area contributed by atoms with Gasteiger partial charge in [0.1, 0.15) is 0 Å². The summed E-state index contributed by atoms with van der Waals surface area (Å²) in [4.78, 5) is 0. The van der Waals surface area contributed by atoms with Crippen molar-refractivity contribution in [2.75, 3.05) is 0 Å². The van der Waals surface area contributed by atoms with E-state index in [1.54, 1.807) is 12.2 Å². The highest BCUT2D eigenvalue weighted by Crippen LogP contribution is 2.23. The van der Waals surface area contributed by atoms with Crippen molar-refractivity contribution in [3.63, 3.8) is 0 Å². The van der Waals surface area contributed by atoms with Crippen molar-refractivity contribution in [1.82, 2.24) is 0 Å². The van der Waals surface area contributed by atoms with Gasteiger partial charge in [-0.15, -0.1) is 6.58 Å². The minimum absolute atomic E-state index is 0.604. The molecular formula is C17H16N2.